The molecule has 3 aromatic rings. The van der Waals surface area contributed by atoms with Crippen LogP contribution in [0.4, 0.5) is 13.2 Å². The van der Waals surface area contributed by atoms with Gasteiger partial charge in [0, 0.05) is 5.56 Å². The molecular formula is C20H15F3N2OS. The van der Waals surface area contributed by atoms with Gasteiger partial charge in [-0.2, -0.15) is 18.4 Å². The molecule has 0 unspecified atom stereocenters. The average molecular weight is 388 g/mol. The zero-order chi connectivity index (χ0) is 19.8. The summed E-state index contributed by atoms with van der Waals surface area (Å²) in [5.41, 5.74) is 1.00. The van der Waals surface area contributed by atoms with Gasteiger partial charge in [-0.05, 0) is 29.7 Å². The molecule has 1 atom stereocenters. The molecule has 0 radical (unpaired) electrons. The van der Waals surface area contributed by atoms with Gasteiger partial charge in [-0.1, -0.05) is 38.1 Å². The summed E-state index contributed by atoms with van der Waals surface area (Å²) in [6, 6.07) is 12.1. The smallest absolute Gasteiger partial charge is 0.292 e. The lowest BCUT2D eigenvalue weighted by Crippen LogP contribution is -2.11. The van der Waals surface area contributed by atoms with Gasteiger partial charge in [0.1, 0.15) is 5.01 Å². The number of carbonyl (C=O) groups is 1. The first-order chi connectivity index (χ1) is 12.7. The van der Waals surface area contributed by atoms with E-state index < -0.39 is 23.4 Å². The van der Waals surface area contributed by atoms with E-state index in [-0.39, 0.29) is 5.01 Å². The number of nitriles is 1. The molecule has 1 aromatic heterocycles. The molecule has 0 aliphatic carbocycles. The maximum atomic E-state index is 12.9. The molecule has 1 heterocycles. The summed E-state index contributed by atoms with van der Waals surface area (Å²) in [6.07, 6.45) is -4.46. The van der Waals surface area contributed by atoms with Gasteiger partial charge in [-0.15, -0.1) is 11.3 Å². The summed E-state index contributed by atoms with van der Waals surface area (Å²) < 4.78 is 38.9. The van der Waals surface area contributed by atoms with Crippen LogP contribution >= 0.6 is 11.3 Å². The van der Waals surface area contributed by atoms with Crippen LogP contribution in [0.5, 0.6) is 0 Å². The molecule has 3 nitrogen and oxygen atoms in total. The standard InChI is InChI=1S/C20H15F3N2OS/c1-11(2)12-3-5-13(6-4-12)18(26)15(10-24)19-25-16-8-7-14(20(21,22)23)9-17(16)27-19/h3-9,11,15H,1-2H3/t15-/m0/s1. The lowest BCUT2D eigenvalue weighted by molar-refractivity contribution is -0.137. The maximum Gasteiger partial charge on any atom is 0.416 e. The molecule has 138 valence electrons. The number of halogens is 3. The molecule has 0 bridgehead atoms. The summed E-state index contributed by atoms with van der Waals surface area (Å²) in [5.74, 6) is -1.25. The molecule has 0 aliphatic rings. The third-order valence-corrected chi connectivity index (χ3v) is 5.32. The van der Waals surface area contributed by atoms with Crippen LogP contribution in [0.25, 0.3) is 10.2 Å². The van der Waals surface area contributed by atoms with Crippen molar-refractivity contribution in [1.29, 1.82) is 5.26 Å². The van der Waals surface area contributed by atoms with Crippen molar-refractivity contribution in [2.75, 3.05) is 0 Å². The first kappa shape index (κ1) is 19.1. The van der Waals surface area contributed by atoms with Crippen LogP contribution in [-0.4, -0.2) is 10.8 Å². The number of hydrogen-bond acceptors (Lipinski definition) is 4. The van der Waals surface area contributed by atoms with Crippen molar-refractivity contribution in [2.24, 2.45) is 0 Å². The Hall–Kier alpha value is -2.72. The summed E-state index contributed by atoms with van der Waals surface area (Å²) in [5, 5.41) is 9.68. The molecule has 0 N–H and O–H groups in total. The Balaban J connectivity index is 1.95. The van der Waals surface area contributed by atoms with Gasteiger partial charge in [0.15, 0.2) is 11.7 Å². The Kier molecular flexibility index (Phi) is 5.03. The minimum absolute atomic E-state index is 0.199. The number of rotatable bonds is 4. The Morgan fingerprint density at radius 2 is 1.81 bits per heavy atom. The number of carbonyl (C=O) groups excluding carboxylic acids is 1. The fourth-order valence-corrected chi connectivity index (χ4v) is 3.72. The minimum atomic E-state index is -4.46. The number of fused-ring (bicyclic) bond motifs is 1. The third-order valence-electron chi connectivity index (χ3n) is 4.23. The molecule has 3 rings (SSSR count). The second kappa shape index (κ2) is 7.12. The van der Waals surface area contributed by atoms with E-state index in [0.717, 1.165) is 29.0 Å². The van der Waals surface area contributed by atoms with E-state index in [0.29, 0.717) is 21.7 Å². The molecule has 2 aromatic carbocycles. The average Bonchev–Trinajstić information content (AvgIpc) is 3.04. The normalized spacial score (nSPS) is 12.9. The van der Waals surface area contributed by atoms with Crippen molar-refractivity contribution in [3.8, 4) is 6.07 Å². The van der Waals surface area contributed by atoms with Crippen molar-refractivity contribution in [2.45, 2.75) is 31.9 Å². The number of thiazole rings is 1. The van der Waals surface area contributed by atoms with Gasteiger partial charge < -0.3 is 0 Å². The maximum absolute atomic E-state index is 12.9. The van der Waals surface area contributed by atoms with Crippen molar-refractivity contribution >= 4 is 27.3 Å². The Morgan fingerprint density at radius 3 is 2.37 bits per heavy atom. The van der Waals surface area contributed by atoms with Crippen LogP contribution in [0.1, 0.15) is 52.2 Å². The highest BCUT2D eigenvalue weighted by Crippen LogP contribution is 2.35. The number of aromatic nitrogens is 1. The molecule has 0 aliphatic heterocycles. The largest absolute Gasteiger partial charge is 0.416 e. The van der Waals surface area contributed by atoms with Crippen LogP contribution in [0.15, 0.2) is 42.5 Å². The Bertz CT molecular complexity index is 1030. The summed E-state index contributed by atoms with van der Waals surface area (Å²) in [4.78, 5) is 16.9. The molecule has 0 fully saturated rings. The van der Waals surface area contributed by atoms with Crippen LogP contribution in [0, 0.1) is 11.3 Å². The van der Waals surface area contributed by atoms with Crippen molar-refractivity contribution in [3.05, 3.63) is 64.2 Å². The van der Waals surface area contributed by atoms with Crippen LogP contribution in [0.3, 0.4) is 0 Å². The second-order valence-electron chi connectivity index (χ2n) is 6.44. The highest BCUT2D eigenvalue weighted by molar-refractivity contribution is 7.18. The van der Waals surface area contributed by atoms with Crippen molar-refractivity contribution < 1.29 is 18.0 Å². The monoisotopic (exact) mass is 388 g/mol. The number of ketones is 1. The topological polar surface area (TPSA) is 53.8 Å². The zero-order valence-electron chi connectivity index (χ0n) is 14.5. The Morgan fingerprint density at radius 1 is 1.15 bits per heavy atom. The van der Waals surface area contributed by atoms with E-state index >= 15 is 0 Å². The molecular weight excluding hydrogens is 373 g/mol. The molecule has 7 heteroatoms. The molecule has 0 spiro atoms. The quantitative estimate of drug-likeness (QED) is 0.521. The van der Waals surface area contributed by atoms with Crippen molar-refractivity contribution in [3.63, 3.8) is 0 Å². The van der Waals surface area contributed by atoms with Crippen LogP contribution in [-0.2, 0) is 6.18 Å². The molecule has 0 saturated heterocycles. The summed E-state index contributed by atoms with van der Waals surface area (Å²) in [6.45, 7) is 4.07. The van der Waals surface area contributed by atoms with Gasteiger partial charge >= 0.3 is 6.18 Å². The van der Waals surface area contributed by atoms with E-state index in [2.05, 4.69) is 4.98 Å². The number of alkyl halides is 3. The minimum Gasteiger partial charge on any atom is -0.292 e. The summed E-state index contributed by atoms with van der Waals surface area (Å²) in [7, 11) is 0. The van der Waals surface area contributed by atoms with Gasteiger partial charge in [0.05, 0.1) is 21.8 Å². The number of nitrogens with zero attached hydrogens (tertiary/aromatic N) is 2. The first-order valence-electron chi connectivity index (χ1n) is 8.22. The van der Waals surface area contributed by atoms with Crippen molar-refractivity contribution in [1.82, 2.24) is 4.98 Å². The lowest BCUT2D eigenvalue weighted by atomic mass is 9.96. The van der Waals surface area contributed by atoms with Gasteiger partial charge in [0.25, 0.3) is 0 Å². The van der Waals surface area contributed by atoms with Gasteiger partial charge in [0.2, 0.25) is 0 Å². The summed E-state index contributed by atoms with van der Waals surface area (Å²) >= 11 is 0.937. The predicted octanol–water partition coefficient (Wildman–Crippen LogP) is 5.93. The zero-order valence-corrected chi connectivity index (χ0v) is 15.4. The van der Waals surface area contributed by atoms with E-state index in [9.17, 15) is 23.2 Å². The predicted molar refractivity (Wildman–Crippen MR) is 97.8 cm³/mol. The number of Topliss-reactive ketones (excluding diaryl/α,β-unsaturated/α-hetero) is 1. The number of hydrogen-bond donors (Lipinski definition) is 0. The van der Waals surface area contributed by atoms with E-state index in [1.54, 1.807) is 12.1 Å². The van der Waals surface area contributed by atoms with Crippen LogP contribution in [0.2, 0.25) is 0 Å². The fourth-order valence-electron chi connectivity index (χ4n) is 2.67. The molecule has 0 saturated carbocycles. The molecule has 0 amide bonds. The van der Waals surface area contributed by atoms with E-state index in [1.165, 1.54) is 6.07 Å². The van der Waals surface area contributed by atoms with Crippen LogP contribution < -0.4 is 0 Å². The lowest BCUT2D eigenvalue weighted by Gasteiger charge is -2.08. The second-order valence-corrected chi connectivity index (χ2v) is 7.50. The van der Waals surface area contributed by atoms with Gasteiger partial charge in [-0.3, -0.25) is 4.79 Å². The number of benzene rings is 2. The van der Waals surface area contributed by atoms with E-state index in [1.807, 2.05) is 32.0 Å². The third kappa shape index (κ3) is 3.86. The highest BCUT2D eigenvalue weighted by atomic mass is 32.1. The highest BCUT2D eigenvalue weighted by Gasteiger charge is 2.31. The SMILES string of the molecule is CC(C)c1ccc(C(=O)[C@H](C#N)c2nc3ccc(C(F)(F)F)cc3s2)cc1. The van der Waals surface area contributed by atoms with Gasteiger partial charge in [-0.25, -0.2) is 4.98 Å². The van der Waals surface area contributed by atoms with E-state index in [4.69, 9.17) is 0 Å². The molecule has 27 heavy (non-hydrogen) atoms. The fraction of sp³-hybridized carbons (Fsp3) is 0.250. The Labute approximate surface area is 158 Å². The first-order valence-corrected chi connectivity index (χ1v) is 9.04.